The van der Waals surface area contributed by atoms with Crippen molar-refractivity contribution in [2.75, 3.05) is 6.54 Å². The lowest BCUT2D eigenvalue weighted by atomic mass is 9.95. The Bertz CT molecular complexity index is 1030. The maximum absolute atomic E-state index is 13.2. The van der Waals surface area contributed by atoms with Crippen molar-refractivity contribution in [2.45, 2.75) is 55.4 Å². The van der Waals surface area contributed by atoms with Crippen LogP contribution in [0.25, 0.3) is 0 Å². The zero-order valence-electron chi connectivity index (χ0n) is 16.8. The third-order valence-electron chi connectivity index (χ3n) is 5.98. The fourth-order valence-corrected chi connectivity index (χ4v) is 5.80. The van der Waals surface area contributed by atoms with E-state index in [-0.39, 0.29) is 35.7 Å². The summed E-state index contributed by atoms with van der Waals surface area (Å²) < 4.78 is 27.3. The molecule has 1 aliphatic carbocycles. The van der Waals surface area contributed by atoms with Crippen LogP contribution in [0.5, 0.6) is 0 Å². The van der Waals surface area contributed by atoms with Crippen LogP contribution in [-0.2, 0) is 14.8 Å². The number of nitrogens with one attached hydrogen (secondary N) is 1. The van der Waals surface area contributed by atoms with Crippen LogP contribution >= 0.6 is 0 Å². The predicted molar refractivity (Wildman–Crippen MR) is 113 cm³/mol. The normalized spacial score (nSPS) is 20.3. The molecule has 0 radical (unpaired) electrons. The standard InChI is InChI=1S/C23H26N2O4S/c26-22-15-19(17-8-3-1-4-9-17)16-25(22)30(28,29)21-13-7-10-18(14-21)23(27)24-20-11-5-2-6-12-20/h1,3-4,7-10,13-14,19-20H,2,5-6,11-12,15-16H2,(H,24,27). The first-order chi connectivity index (χ1) is 14.4. The van der Waals surface area contributed by atoms with E-state index in [0.717, 1.165) is 35.6 Å². The Morgan fingerprint density at radius 1 is 0.967 bits per heavy atom. The second kappa shape index (κ2) is 8.60. The van der Waals surface area contributed by atoms with Crippen molar-refractivity contribution < 1.29 is 18.0 Å². The number of hydrogen-bond donors (Lipinski definition) is 1. The van der Waals surface area contributed by atoms with Crippen LogP contribution in [-0.4, -0.2) is 37.1 Å². The summed E-state index contributed by atoms with van der Waals surface area (Å²) in [7, 11) is -4.01. The SMILES string of the molecule is O=C(NC1CCCCC1)c1cccc(S(=O)(=O)N2CC(c3ccccc3)CC2=O)c1. The van der Waals surface area contributed by atoms with Crippen molar-refractivity contribution in [3.8, 4) is 0 Å². The first-order valence-electron chi connectivity index (χ1n) is 10.5. The molecule has 7 heteroatoms. The zero-order chi connectivity index (χ0) is 21.1. The second-order valence-corrected chi connectivity index (χ2v) is 9.94. The molecule has 0 spiro atoms. The van der Waals surface area contributed by atoms with Gasteiger partial charge in [-0.15, -0.1) is 0 Å². The molecular weight excluding hydrogens is 400 g/mol. The summed E-state index contributed by atoms with van der Waals surface area (Å²) in [6.45, 7) is 0.115. The van der Waals surface area contributed by atoms with E-state index in [9.17, 15) is 18.0 Å². The van der Waals surface area contributed by atoms with Crippen molar-refractivity contribution in [3.05, 3.63) is 65.7 Å². The Kier molecular flexibility index (Phi) is 5.90. The molecule has 1 saturated heterocycles. The van der Waals surface area contributed by atoms with Gasteiger partial charge < -0.3 is 5.32 Å². The van der Waals surface area contributed by atoms with Crippen molar-refractivity contribution in [3.63, 3.8) is 0 Å². The molecule has 1 saturated carbocycles. The lowest BCUT2D eigenvalue weighted by Gasteiger charge is -2.23. The van der Waals surface area contributed by atoms with Gasteiger partial charge in [-0.05, 0) is 36.6 Å². The van der Waals surface area contributed by atoms with Crippen LogP contribution < -0.4 is 5.32 Å². The van der Waals surface area contributed by atoms with Gasteiger partial charge >= 0.3 is 0 Å². The molecule has 1 N–H and O–H groups in total. The van der Waals surface area contributed by atoms with Gasteiger partial charge in [-0.2, -0.15) is 0 Å². The van der Waals surface area contributed by atoms with Crippen molar-refractivity contribution in [2.24, 2.45) is 0 Å². The lowest BCUT2D eigenvalue weighted by Crippen LogP contribution is -2.36. The molecule has 2 aromatic carbocycles. The molecule has 6 nitrogen and oxygen atoms in total. The minimum atomic E-state index is -4.01. The molecule has 2 aliphatic rings. The molecule has 2 aromatic rings. The Labute approximate surface area is 177 Å². The number of carbonyl (C=O) groups excluding carboxylic acids is 2. The third-order valence-corrected chi connectivity index (χ3v) is 7.76. The van der Waals surface area contributed by atoms with E-state index in [4.69, 9.17) is 0 Å². The Morgan fingerprint density at radius 3 is 2.43 bits per heavy atom. The largest absolute Gasteiger partial charge is 0.349 e. The van der Waals surface area contributed by atoms with E-state index in [1.54, 1.807) is 12.1 Å². The van der Waals surface area contributed by atoms with E-state index < -0.39 is 15.9 Å². The van der Waals surface area contributed by atoms with Crippen molar-refractivity contribution in [1.82, 2.24) is 9.62 Å². The van der Waals surface area contributed by atoms with Gasteiger partial charge in [0.15, 0.2) is 0 Å². The molecule has 0 aromatic heterocycles. The summed E-state index contributed by atoms with van der Waals surface area (Å²) in [6.07, 6.45) is 5.44. The van der Waals surface area contributed by atoms with Crippen LogP contribution in [0.2, 0.25) is 0 Å². The molecule has 30 heavy (non-hydrogen) atoms. The Hall–Kier alpha value is -2.67. The van der Waals surface area contributed by atoms with Gasteiger partial charge in [-0.3, -0.25) is 9.59 Å². The van der Waals surface area contributed by atoms with E-state index in [0.29, 0.717) is 5.56 Å². The maximum Gasteiger partial charge on any atom is 0.266 e. The average Bonchev–Trinajstić information content (AvgIpc) is 3.18. The summed E-state index contributed by atoms with van der Waals surface area (Å²) in [5.74, 6) is -0.846. The molecule has 2 fully saturated rings. The Balaban J connectivity index is 1.52. The molecule has 4 rings (SSSR count). The second-order valence-electron chi connectivity index (χ2n) is 8.08. The van der Waals surface area contributed by atoms with Crippen LogP contribution in [0.4, 0.5) is 0 Å². The van der Waals surface area contributed by atoms with E-state index >= 15 is 0 Å². The smallest absolute Gasteiger partial charge is 0.266 e. The number of amides is 2. The molecule has 158 valence electrons. The van der Waals surface area contributed by atoms with Crippen molar-refractivity contribution in [1.29, 1.82) is 0 Å². The van der Waals surface area contributed by atoms with Gasteiger partial charge in [0.25, 0.3) is 15.9 Å². The van der Waals surface area contributed by atoms with Gasteiger partial charge in [-0.25, -0.2) is 12.7 Å². The molecule has 0 bridgehead atoms. The molecule has 1 unspecified atom stereocenters. The highest BCUT2D eigenvalue weighted by Crippen LogP contribution is 2.32. The van der Waals surface area contributed by atoms with Gasteiger partial charge in [-0.1, -0.05) is 55.7 Å². The first kappa shape index (κ1) is 20.6. The number of sulfonamides is 1. The van der Waals surface area contributed by atoms with Gasteiger partial charge in [0.05, 0.1) is 4.90 Å². The average molecular weight is 427 g/mol. The van der Waals surface area contributed by atoms with Crippen molar-refractivity contribution >= 4 is 21.8 Å². The van der Waals surface area contributed by atoms with Crippen LogP contribution in [0.1, 0.15) is 60.4 Å². The summed E-state index contributed by atoms with van der Waals surface area (Å²) in [5, 5.41) is 3.01. The minimum absolute atomic E-state index is 0.0270. The molecule has 1 heterocycles. The quantitative estimate of drug-likeness (QED) is 0.794. The Morgan fingerprint density at radius 2 is 1.70 bits per heavy atom. The van der Waals surface area contributed by atoms with Crippen LogP contribution in [0.3, 0.4) is 0 Å². The van der Waals surface area contributed by atoms with E-state index in [1.807, 2.05) is 30.3 Å². The van der Waals surface area contributed by atoms with Gasteiger partial charge in [0.2, 0.25) is 5.91 Å². The van der Waals surface area contributed by atoms with Crippen LogP contribution in [0, 0.1) is 0 Å². The van der Waals surface area contributed by atoms with Crippen LogP contribution in [0.15, 0.2) is 59.5 Å². The van der Waals surface area contributed by atoms with Gasteiger partial charge in [0.1, 0.15) is 0 Å². The summed E-state index contributed by atoms with van der Waals surface area (Å²) in [4.78, 5) is 25.1. The highest BCUT2D eigenvalue weighted by atomic mass is 32.2. The lowest BCUT2D eigenvalue weighted by molar-refractivity contribution is -0.123. The number of carbonyl (C=O) groups is 2. The van der Waals surface area contributed by atoms with Gasteiger partial charge in [0, 0.05) is 30.5 Å². The minimum Gasteiger partial charge on any atom is -0.349 e. The monoisotopic (exact) mass is 426 g/mol. The molecular formula is C23H26N2O4S. The number of rotatable bonds is 5. The highest BCUT2D eigenvalue weighted by molar-refractivity contribution is 7.89. The number of nitrogens with zero attached hydrogens (tertiary/aromatic N) is 1. The number of hydrogen-bond acceptors (Lipinski definition) is 4. The predicted octanol–water partition coefficient (Wildman–Crippen LogP) is 3.45. The molecule has 2 amide bonds. The number of benzene rings is 2. The molecule has 1 atom stereocenters. The third kappa shape index (κ3) is 4.26. The van der Waals surface area contributed by atoms with E-state index in [2.05, 4.69) is 5.32 Å². The first-order valence-corrected chi connectivity index (χ1v) is 11.9. The summed E-state index contributed by atoms with van der Waals surface area (Å²) in [5.41, 5.74) is 1.25. The van der Waals surface area contributed by atoms with E-state index in [1.165, 1.54) is 18.6 Å². The summed E-state index contributed by atoms with van der Waals surface area (Å²) in [6, 6.07) is 15.6. The zero-order valence-corrected chi connectivity index (χ0v) is 17.6. The summed E-state index contributed by atoms with van der Waals surface area (Å²) >= 11 is 0. The highest BCUT2D eigenvalue weighted by Gasteiger charge is 2.39. The topological polar surface area (TPSA) is 83.6 Å². The fourth-order valence-electron chi connectivity index (χ4n) is 4.30. The molecule has 1 aliphatic heterocycles. The fraction of sp³-hybridized carbons (Fsp3) is 0.391. The maximum atomic E-state index is 13.2.